The van der Waals surface area contributed by atoms with Crippen molar-refractivity contribution in [2.75, 3.05) is 33.0 Å². The minimum atomic E-state index is 0.511. The van der Waals surface area contributed by atoms with E-state index in [1.165, 1.54) is 19.3 Å². The fraction of sp³-hybridized carbons (Fsp3) is 1.00. The van der Waals surface area contributed by atoms with Gasteiger partial charge < -0.3 is 14.8 Å². The molecule has 3 nitrogen and oxygen atoms in total. The Hall–Kier alpha value is -0.120. The van der Waals surface area contributed by atoms with E-state index in [2.05, 4.69) is 19.2 Å². The van der Waals surface area contributed by atoms with Crippen LogP contribution in [0.4, 0.5) is 0 Å². The van der Waals surface area contributed by atoms with Gasteiger partial charge in [-0.15, -0.1) is 0 Å². The number of ether oxygens (including phenoxy) is 2. The molecule has 92 valence electrons. The number of rotatable bonds is 11. The van der Waals surface area contributed by atoms with Crippen LogP contribution in [0.2, 0.25) is 0 Å². The minimum Gasteiger partial charge on any atom is -0.379 e. The summed E-state index contributed by atoms with van der Waals surface area (Å²) in [5.41, 5.74) is 0. The first-order valence-corrected chi connectivity index (χ1v) is 6.23. The van der Waals surface area contributed by atoms with E-state index in [4.69, 9.17) is 9.47 Å². The molecule has 1 atom stereocenters. The zero-order chi connectivity index (χ0) is 11.4. The molecule has 1 N–H and O–H groups in total. The number of hydrogen-bond donors (Lipinski definition) is 1. The Balaban J connectivity index is 3.38. The average molecular weight is 217 g/mol. The molecule has 0 fully saturated rings. The SMILES string of the molecule is CCCNC(CCC)COCCOCC. The monoisotopic (exact) mass is 217 g/mol. The van der Waals surface area contributed by atoms with Gasteiger partial charge in [0, 0.05) is 12.6 Å². The highest BCUT2D eigenvalue weighted by Gasteiger charge is 2.05. The molecular formula is C12H27NO2. The van der Waals surface area contributed by atoms with Crippen LogP contribution in [0.1, 0.15) is 40.0 Å². The standard InChI is InChI=1S/C12H27NO2/c1-4-7-12(13-8-5-2)11-15-10-9-14-6-3/h12-13H,4-11H2,1-3H3. The lowest BCUT2D eigenvalue weighted by molar-refractivity contribution is 0.0425. The summed E-state index contributed by atoms with van der Waals surface area (Å²) in [7, 11) is 0. The number of nitrogens with one attached hydrogen (secondary N) is 1. The van der Waals surface area contributed by atoms with Crippen LogP contribution in [-0.4, -0.2) is 39.0 Å². The van der Waals surface area contributed by atoms with Crippen LogP contribution in [0.3, 0.4) is 0 Å². The van der Waals surface area contributed by atoms with Crippen molar-refractivity contribution in [3.8, 4) is 0 Å². The highest BCUT2D eigenvalue weighted by Crippen LogP contribution is 1.97. The predicted molar refractivity (Wildman–Crippen MR) is 64.3 cm³/mol. The molecule has 0 aromatic carbocycles. The summed E-state index contributed by atoms with van der Waals surface area (Å²) in [6.45, 7) is 10.5. The smallest absolute Gasteiger partial charge is 0.0701 e. The third-order valence-corrected chi connectivity index (χ3v) is 2.22. The van der Waals surface area contributed by atoms with Gasteiger partial charge in [0.05, 0.1) is 19.8 Å². The maximum atomic E-state index is 5.56. The molecule has 3 heteroatoms. The van der Waals surface area contributed by atoms with Gasteiger partial charge in [0.25, 0.3) is 0 Å². The van der Waals surface area contributed by atoms with Gasteiger partial charge in [0.15, 0.2) is 0 Å². The number of hydrogen-bond acceptors (Lipinski definition) is 3. The summed E-state index contributed by atoms with van der Waals surface area (Å²) in [4.78, 5) is 0. The van der Waals surface area contributed by atoms with Crippen LogP contribution in [0, 0.1) is 0 Å². The van der Waals surface area contributed by atoms with Crippen molar-refractivity contribution < 1.29 is 9.47 Å². The molecule has 0 rings (SSSR count). The largest absolute Gasteiger partial charge is 0.379 e. The van der Waals surface area contributed by atoms with E-state index in [0.717, 1.165) is 19.8 Å². The molecule has 15 heavy (non-hydrogen) atoms. The average Bonchev–Trinajstić information content (AvgIpc) is 2.25. The van der Waals surface area contributed by atoms with E-state index in [-0.39, 0.29) is 0 Å². The zero-order valence-corrected chi connectivity index (χ0v) is 10.6. The van der Waals surface area contributed by atoms with Crippen LogP contribution in [0.5, 0.6) is 0 Å². The molecule has 0 heterocycles. The van der Waals surface area contributed by atoms with E-state index in [1.807, 2.05) is 6.92 Å². The molecule has 0 aromatic heterocycles. The van der Waals surface area contributed by atoms with Gasteiger partial charge in [-0.05, 0) is 26.3 Å². The van der Waals surface area contributed by atoms with Crippen molar-refractivity contribution >= 4 is 0 Å². The molecule has 1 unspecified atom stereocenters. The second-order valence-electron chi connectivity index (χ2n) is 3.71. The summed E-state index contributed by atoms with van der Waals surface area (Å²) in [5, 5.41) is 3.50. The topological polar surface area (TPSA) is 30.5 Å². The first-order chi connectivity index (χ1) is 7.35. The van der Waals surface area contributed by atoms with Crippen LogP contribution in [0.15, 0.2) is 0 Å². The molecule has 0 saturated heterocycles. The summed E-state index contributed by atoms with van der Waals surface area (Å²) in [5.74, 6) is 0. The second-order valence-corrected chi connectivity index (χ2v) is 3.71. The zero-order valence-electron chi connectivity index (χ0n) is 10.6. The molecule has 0 saturated carbocycles. The third kappa shape index (κ3) is 10.2. The molecule has 0 amide bonds. The lowest BCUT2D eigenvalue weighted by Crippen LogP contribution is -2.34. The molecule has 0 aliphatic carbocycles. The molecule has 0 spiro atoms. The summed E-state index contributed by atoms with van der Waals surface area (Å²) >= 11 is 0. The van der Waals surface area contributed by atoms with Gasteiger partial charge in [-0.1, -0.05) is 20.3 Å². The molecule has 0 radical (unpaired) electrons. The quantitative estimate of drug-likeness (QED) is 0.538. The van der Waals surface area contributed by atoms with Gasteiger partial charge in [0.2, 0.25) is 0 Å². The van der Waals surface area contributed by atoms with E-state index >= 15 is 0 Å². The van der Waals surface area contributed by atoms with Crippen molar-refractivity contribution in [3.05, 3.63) is 0 Å². The fourth-order valence-corrected chi connectivity index (χ4v) is 1.43. The van der Waals surface area contributed by atoms with Crippen molar-refractivity contribution in [3.63, 3.8) is 0 Å². The molecule has 0 bridgehead atoms. The lowest BCUT2D eigenvalue weighted by Gasteiger charge is -2.17. The van der Waals surface area contributed by atoms with E-state index < -0.39 is 0 Å². The van der Waals surface area contributed by atoms with Gasteiger partial charge in [-0.2, -0.15) is 0 Å². The molecule has 0 aliphatic heterocycles. The van der Waals surface area contributed by atoms with E-state index in [0.29, 0.717) is 19.3 Å². The first-order valence-electron chi connectivity index (χ1n) is 6.23. The molecular weight excluding hydrogens is 190 g/mol. The highest BCUT2D eigenvalue weighted by atomic mass is 16.5. The normalized spacial score (nSPS) is 13.0. The van der Waals surface area contributed by atoms with Gasteiger partial charge >= 0.3 is 0 Å². The van der Waals surface area contributed by atoms with E-state index in [1.54, 1.807) is 0 Å². The van der Waals surface area contributed by atoms with E-state index in [9.17, 15) is 0 Å². The molecule has 0 aliphatic rings. The molecule has 0 aromatic rings. The summed E-state index contributed by atoms with van der Waals surface area (Å²) < 4.78 is 10.8. The Morgan fingerprint density at radius 1 is 1.00 bits per heavy atom. The fourth-order valence-electron chi connectivity index (χ4n) is 1.43. The van der Waals surface area contributed by atoms with Crippen molar-refractivity contribution in [1.29, 1.82) is 0 Å². The van der Waals surface area contributed by atoms with Crippen LogP contribution >= 0.6 is 0 Å². The highest BCUT2D eigenvalue weighted by molar-refractivity contribution is 4.64. The van der Waals surface area contributed by atoms with Crippen molar-refractivity contribution in [2.24, 2.45) is 0 Å². The third-order valence-electron chi connectivity index (χ3n) is 2.22. The Bertz CT molecular complexity index is 120. The Labute approximate surface area is 94.5 Å². The second kappa shape index (κ2) is 12.0. The Kier molecular flexibility index (Phi) is 11.9. The lowest BCUT2D eigenvalue weighted by atomic mass is 10.2. The Morgan fingerprint density at radius 3 is 2.33 bits per heavy atom. The van der Waals surface area contributed by atoms with Crippen molar-refractivity contribution in [1.82, 2.24) is 5.32 Å². The predicted octanol–water partition coefficient (Wildman–Crippen LogP) is 2.21. The van der Waals surface area contributed by atoms with Crippen LogP contribution in [0.25, 0.3) is 0 Å². The van der Waals surface area contributed by atoms with Gasteiger partial charge in [-0.3, -0.25) is 0 Å². The first kappa shape index (κ1) is 14.9. The summed E-state index contributed by atoms with van der Waals surface area (Å²) in [6.07, 6.45) is 3.57. The van der Waals surface area contributed by atoms with Gasteiger partial charge in [0.1, 0.15) is 0 Å². The van der Waals surface area contributed by atoms with Crippen LogP contribution < -0.4 is 5.32 Å². The maximum absolute atomic E-state index is 5.56. The minimum absolute atomic E-state index is 0.511. The maximum Gasteiger partial charge on any atom is 0.0701 e. The van der Waals surface area contributed by atoms with Gasteiger partial charge in [-0.25, -0.2) is 0 Å². The Morgan fingerprint density at radius 2 is 1.73 bits per heavy atom. The summed E-state index contributed by atoms with van der Waals surface area (Å²) in [6, 6.07) is 0.511. The van der Waals surface area contributed by atoms with Crippen molar-refractivity contribution in [2.45, 2.75) is 46.1 Å². The van der Waals surface area contributed by atoms with Crippen LogP contribution in [-0.2, 0) is 9.47 Å².